The van der Waals surface area contributed by atoms with Gasteiger partial charge in [0.15, 0.2) is 0 Å². The maximum Gasteiger partial charge on any atom is 0.231 e. The largest absolute Gasteiger partial charge is 0.315 e. The molecule has 86 valence electrons. The van der Waals surface area contributed by atoms with Gasteiger partial charge in [-0.1, -0.05) is 41.9 Å². The van der Waals surface area contributed by atoms with Gasteiger partial charge >= 0.3 is 0 Å². The van der Waals surface area contributed by atoms with Crippen LogP contribution in [0.1, 0.15) is 29.8 Å². The number of fused-ring (bicyclic) bond motifs is 1. The molecule has 1 aromatic carbocycles. The molecule has 3 heteroatoms. The predicted octanol–water partition coefficient (Wildman–Crippen LogP) is 3.30. The SMILES string of the molecule is CC(C)C(Br)c1ccc2c(c1)CC(=O)N2C. The van der Waals surface area contributed by atoms with E-state index in [1.54, 1.807) is 4.90 Å². The third kappa shape index (κ3) is 1.88. The minimum atomic E-state index is 0.183. The van der Waals surface area contributed by atoms with Crippen molar-refractivity contribution in [2.24, 2.45) is 5.92 Å². The van der Waals surface area contributed by atoms with Gasteiger partial charge in [-0.05, 0) is 23.1 Å². The zero-order valence-electron chi connectivity index (χ0n) is 9.83. The third-order valence-electron chi connectivity index (χ3n) is 3.08. The number of benzene rings is 1. The molecule has 2 nitrogen and oxygen atoms in total. The van der Waals surface area contributed by atoms with Gasteiger partial charge in [0.2, 0.25) is 5.91 Å². The van der Waals surface area contributed by atoms with E-state index in [0.717, 1.165) is 11.3 Å². The average molecular weight is 282 g/mol. The number of anilines is 1. The Morgan fingerprint density at radius 3 is 2.69 bits per heavy atom. The molecule has 1 heterocycles. The number of hydrogen-bond acceptors (Lipinski definition) is 1. The minimum Gasteiger partial charge on any atom is -0.315 e. The van der Waals surface area contributed by atoms with Gasteiger partial charge in [0, 0.05) is 17.6 Å². The number of alkyl halides is 1. The van der Waals surface area contributed by atoms with Crippen molar-refractivity contribution in [3.8, 4) is 0 Å². The van der Waals surface area contributed by atoms with Crippen LogP contribution in [0.25, 0.3) is 0 Å². The number of nitrogens with zero attached hydrogens (tertiary/aromatic N) is 1. The molecule has 1 aliphatic heterocycles. The Bertz CT molecular complexity index is 428. The number of likely N-dealkylation sites (N-methyl/N-ethyl adjacent to an activating group) is 1. The van der Waals surface area contributed by atoms with Gasteiger partial charge in [-0.15, -0.1) is 0 Å². The van der Waals surface area contributed by atoms with E-state index in [4.69, 9.17) is 0 Å². The minimum absolute atomic E-state index is 0.183. The van der Waals surface area contributed by atoms with Crippen molar-refractivity contribution in [1.82, 2.24) is 0 Å². The fourth-order valence-electron chi connectivity index (χ4n) is 2.05. The molecular formula is C13H16BrNO. The molecule has 1 aliphatic rings. The van der Waals surface area contributed by atoms with Crippen molar-refractivity contribution >= 4 is 27.5 Å². The fraction of sp³-hybridized carbons (Fsp3) is 0.462. The molecule has 1 amide bonds. The Kier molecular flexibility index (Phi) is 3.06. The van der Waals surface area contributed by atoms with Crippen molar-refractivity contribution in [1.29, 1.82) is 0 Å². The van der Waals surface area contributed by atoms with Crippen molar-refractivity contribution in [2.45, 2.75) is 25.1 Å². The summed E-state index contributed by atoms with van der Waals surface area (Å²) in [6.45, 7) is 4.37. The lowest BCUT2D eigenvalue weighted by Crippen LogP contribution is -2.20. The van der Waals surface area contributed by atoms with Crippen molar-refractivity contribution < 1.29 is 4.79 Å². The Hall–Kier alpha value is -0.830. The molecule has 0 saturated carbocycles. The molecule has 0 N–H and O–H groups in total. The van der Waals surface area contributed by atoms with Crippen LogP contribution in [0.4, 0.5) is 5.69 Å². The Labute approximate surface area is 105 Å². The maximum atomic E-state index is 11.6. The van der Waals surface area contributed by atoms with Gasteiger partial charge in [0.05, 0.1) is 6.42 Å². The van der Waals surface area contributed by atoms with Crippen LogP contribution in [0, 0.1) is 5.92 Å². The molecule has 16 heavy (non-hydrogen) atoms. The first kappa shape index (κ1) is 11.6. The second-order valence-electron chi connectivity index (χ2n) is 4.66. The zero-order valence-corrected chi connectivity index (χ0v) is 11.4. The lowest BCUT2D eigenvalue weighted by molar-refractivity contribution is -0.117. The average Bonchev–Trinajstić information content (AvgIpc) is 2.53. The van der Waals surface area contributed by atoms with Gasteiger partial charge in [-0.25, -0.2) is 0 Å². The van der Waals surface area contributed by atoms with Gasteiger partial charge in [0.1, 0.15) is 0 Å². The number of amides is 1. The predicted molar refractivity (Wildman–Crippen MR) is 70.1 cm³/mol. The molecule has 0 fully saturated rings. The molecule has 1 atom stereocenters. The smallest absolute Gasteiger partial charge is 0.231 e. The summed E-state index contributed by atoms with van der Waals surface area (Å²) < 4.78 is 0. The van der Waals surface area contributed by atoms with Crippen LogP contribution in [-0.4, -0.2) is 13.0 Å². The second kappa shape index (κ2) is 4.21. The lowest BCUT2D eigenvalue weighted by atomic mass is 10.00. The topological polar surface area (TPSA) is 20.3 Å². The molecule has 2 rings (SSSR count). The highest BCUT2D eigenvalue weighted by molar-refractivity contribution is 9.09. The second-order valence-corrected chi connectivity index (χ2v) is 5.65. The summed E-state index contributed by atoms with van der Waals surface area (Å²) in [5, 5.41) is 0. The highest BCUT2D eigenvalue weighted by Crippen LogP contribution is 2.35. The van der Waals surface area contributed by atoms with Crippen LogP contribution in [-0.2, 0) is 11.2 Å². The summed E-state index contributed by atoms with van der Waals surface area (Å²) in [6, 6.07) is 6.30. The van der Waals surface area contributed by atoms with Crippen LogP contribution in [0.3, 0.4) is 0 Å². The zero-order chi connectivity index (χ0) is 11.9. The van der Waals surface area contributed by atoms with Crippen molar-refractivity contribution in [2.75, 3.05) is 11.9 Å². The molecule has 0 aromatic heterocycles. The van der Waals surface area contributed by atoms with Crippen LogP contribution in [0.5, 0.6) is 0 Å². The van der Waals surface area contributed by atoms with E-state index in [2.05, 4.69) is 41.9 Å². The molecule has 1 unspecified atom stereocenters. The molecule has 0 aliphatic carbocycles. The van der Waals surface area contributed by atoms with Crippen LogP contribution >= 0.6 is 15.9 Å². The molecule has 0 bridgehead atoms. The monoisotopic (exact) mass is 281 g/mol. The summed E-state index contributed by atoms with van der Waals surface area (Å²) in [7, 11) is 1.84. The van der Waals surface area contributed by atoms with Gasteiger partial charge < -0.3 is 4.90 Å². The first-order valence-electron chi connectivity index (χ1n) is 5.54. The normalized spacial score (nSPS) is 16.8. The number of rotatable bonds is 2. The molecule has 0 radical (unpaired) electrons. The first-order chi connectivity index (χ1) is 7.50. The summed E-state index contributed by atoms with van der Waals surface area (Å²) in [4.78, 5) is 13.7. The van der Waals surface area contributed by atoms with Crippen LogP contribution in [0.2, 0.25) is 0 Å². The van der Waals surface area contributed by atoms with Crippen LogP contribution in [0.15, 0.2) is 18.2 Å². The van der Waals surface area contributed by atoms with E-state index < -0.39 is 0 Å². The van der Waals surface area contributed by atoms with Crippen molar-refractivity contribution in [3.05, 3.63) is 29.3 Å². The number of carbonyl (C=O) groups excluding carboxylic acids is 1. The van der Waals surface area contributed by atoms with Crippen LogP contribution < -0.4 is 4.90 Å². The first-order valence-corrected chi connectivity index (χ1v) is 6.45. The number of carbonyl (C=O) groups is 1. The molecule has 0 spiro atoms. The van der Waals surface area contributed by atoms with Gasteiger partial charge in [-0.2, -0.15) is 0 Å². The molecule has 1 aromatic rings. The Balaban J connectivity index is 2.35. The lowest BCUT2D eigenvalue weighted by Gasteiger charge is -2.16. The fourth-order valence-corrected chi connectivity index (χ4v) is 2.33. The summed E-state index contributed by atoms with van der Waals surface area (Å²) in [5.41, 5.74) is 3.46. The quantitative estimate of drug-likeness (QED) is 0.762. The molecular weight excluding hydrogens is 266 g/mol. The van der Waals surface area contributed by atoms with Gasteiger partial charge in [-0.3, -0.25) is 4.79 Å². The molecule has 0 saturated heterocycles. The van der Waals surface area contributed by atoms with E-state index in [0.29, 0.717) is 17.2 Å². The van der Waals surface area contributed by atoms with E-state index in [-0.39, 0.29) is 5.91 Å². The van der Waals surface area contributed by atoms with E-state index in [1.165, 1.54) is 5.56 Å². The highest BCUT2D eigenvalue weighted by atomic mass is 79.9. The van der Waals surface area contributed by atoms with Gasteiger partial charge in [0.25, 0.3) is 0 Å². The summed E-state index contributed by atoms with van der Waals surface area (Å²) in [5.74, 6) is 0.732. The summed E-state index contributed by atoms with van der Waals surface area (Å²) in [6.07, 6.45) is 0.539. The maximum absolute atomic E-state index is 11.6. The highest BCUT2D eigenvalue weighted by Gasteiger charge is 2.25. The number of hydrogen-bond donors (Lipinski definition) is 0. The Morgan fingerprint density at radius 2 is 2.06 bits per heavy atom. The standard InChI is InChI=1S/C13H16BrNO/c1-8(2)13(14)9-4-5-11-10(6-9)7-12(16)15(11)3/h4-6,8,13H,7H2,1-3H3. The van der Waals surface area contributed by atoms with E-state index in [1.807, 2.05) is 13.1 Å². The van der Waals surface area contributed by atoms with E-state index >= 15 is 0 Å². The summed E-state index contributed by atoms with van der Waals surface area (Å²) >= 11 is 3.69. The number of halogens is 1. The van der Waals surface area contributed by atoms with Crippen molar-refractivity contribution in [3.63, 3.8) is 0 Å². The Morgan fingerprint density at radius 1 is 1.38 bits per heavy atom. The third-order valence-corrected chi connectivity index (χ3v) is 4.67. The van der Waals surface area contributed by atoms with E-state index in [9.17, 15) is 4.79 Å².